The fourth-order valence-corrected chi connectivity index (χ4v) is 3.59. The van der Waals surface area contributed by atoms with Crippen LogP contribution >= 0.6 is 23.5 Å². The van der Waals surface area contributed by atoms with E-state index in [1.807, 2.05) is 12.1 Å². The molecule has 1 aromatic carbocycles. The van der Waals surface area contributed by atoms with E-state index in [1.165, 1.54) is 0 Å². The fourth-order valence-electron chi connectivity index (χ4n) is 1.23. The van der Waals surface area contributed by atoms with Crippen molar-refractivity contribution in [1.29, 1.82) is 0 Å². The van der Waals surface area contributed by atoms with E-state index in [2.05, 4.69) is 0 Å². The maximum atomic E-state index is 9.73. The molecule has 0 spiro atoms. The highest BCUT2D eigenvalue weighted by Crippen LogP contribution is 2.42. The van der Waals surface area contributed by atoms with Crippen molar-refractivity contribution in [3.8, 4) is 5.75 Å². The van der Waals surface area contributed by atoms with Gasteiger partial charge in [-0.05, 0) is 6.07 Å². The van der Waals surface area contributed by atoms with Crippen LogP contribution in [0.5, 0.6) is 5.75 Å². The molecular formula is C11H16O3S2. The van der Waals surface area contributed by atoms with Crippen molar-refractivity contribution >= 4 is 23.5 Å². The van der Waals surface area contributed by atoms with Crippen LogP contribution in [0.1, 0.15) is 10.1 Å². The lowest BCUT2D eigenvalue weighted by atomic mass is 10.2. The topological polar surface area (TPSA) is 60.7 Å². The van der Waals surface area contributed by atoms with E-state index in [1.54, 1.807) is 35.7 Å². The molecule has 0 saturated carbocycles. The van der Waals surface area contributed by atoms with Crippen LogP contribution in [-0.2, 0) is 0 Å². The molecule has 0 heterocycles. The van der Waals surface area contributed by atoms with Gasteiger partial charge in [-0.1, -0.05) is 18.2 Å². The number of aliphatic hydroxyl groups is 2. The molecular weight excluding hydrogens is 244 g/mol. The lowest BCUT2D eigenvalue weighted by Gasteiger charge is -2.16. The van der Waals surface area contributed by atoms with Crippen LogP contribution in [0.25, 0.3) is 0 Å². The maximum absolute atomic E-state index is 9.73. The number of rotatable bonds is 7. The minimum Gasteiger partial charge on any atom is -0.508 e. The molecule has 3 nitrogen and oxygen atoms in total. The molecule has 1 rings (SSSR count). The Bertz CT molecular complexity index is 299. The number of aliphatic hydroxyl groups excluding tert-OH is 2. The van der Waals surface area contributed by atoms with Gasteiger partial charge in [0.2, 0.25) is 0 Å². The van der Waals surface area contributed by atoms with Crippen molar-refractivity contribution in [1.82, 2.24) is 0 Å². The Balaban J connectivity index is 2.70. The van der Waals surface area contributed by atoms with Gasteiger partial charge in [-0.15, -0.1) is 23.5 Å². The third-order valence-corrected chi connectivity index (χ3v) is 4.68. The molecule has 0 aliphatic carbocycles. The summed E-state index contributed by atoms with van der Waals surface area (Å²) in [5, 5.41) is 27.4. The molecule has 0 amide bonds. The van der Waals surface area contributed by atoms with E-state index in [0.29, 0.717) is 11.5 Å². The lowest BCUT2D eigenvalue weighted by Crippen LogP contribution is -1.97. The second-order valence-corrected chi connectivity index (χ2v) is 5.80. The molecule has 5 heteroatoms. The largest absolute Gasteiger partial charge is 0.508 e. The van der Waals surface area contributed by atoms with Crippen molar-refractivity contribution in [3.63, 3.8) is 0 Å². The Hall–Kier alpha value is -0.360. The molecule has 16 heavy (non-hydrogen) atoms. The van der Waals surface area contributed by atoms with Crippen molar-refractivity contribution in [2.75, 3.05) is 24.7 Å². The summed E-state index contributed by atoms with van der Waals surface area (Å²) in [6.07, 6.45) is 0. The Morgan fingerprint density at radius 3 is 2.06 bits per heavy atom. The summed E-state index contributed by atoms with van der Waals surface area (Å²) in [5.74, 6) is 1.51. The van der Waals surface area contributed by atoms with Crippen molar-refractivity contribution in [2.24, 2.45) is 0 Å². The van der Waals surface area contributed by atoms with Crippen molar-refractivity contribution in [2.45, 2.75) is 4.58 Å². The van der Waals surface area contributed by atoms with Gasteiger partial charge in [0, 0.05) is 17.1 Å². The quantitative estimate of drug-likeness (QED) is 0.653. The molecule has 3 N–H and O–H groups in total. The number of phenols is 1. The van der Waals surface area contributed by atoms with Gasteiger partial charge in [-0.2, -0.15) is 0 Å². The van der Waals surface area contributed by atoms with E-state index in [4.69, 9.17) is 10.2 Å². The summed E-state index contributed by atoms with van der Waals surface area (Å²) >= 11 is 3.14. The molecule has 90 valence electrons. The Labute approximate surface area is 104 Å². The van der Waals surface area contributed by atoms with Gasteiger partial charge >= 0.3 is 0 Å². The molecule has 0 atom stereocenters. The average molecular weight is 260 g/mol. The molecule has 0 saturated heterocycles. The van der Waals surface area contributed by atoms with Crippen LogP contribution in [0.15, 0.2) is 24.3 Å². The van der Waals surface area contributed by atoms with Gasteiger partial charge in [0.05, 0.1) is 17.8 Å². The zero-order valence-corrected chi connectivity index (χ0v) is 10.5. The van der Waals surface area contributed by atoms with Crippen LogP contribution in [0.4, 0.5) is 0 Å². The number of phenolic OH excluding ortho intramolecular Hbond substituents is 1. The summed E-state index contributed by atoms with van der Waals surface area (Å²) in [7, 11) is 0. The summed E-state index contributed by atoms with van der Waals surface area (Å²) in [4.78, 5) is 0. The first-order chi connectivity index (χ1) is 7.79. The molecule has 0 aromatic heterocycles. The molecule has 1 aromatic rings. The predicted molar refractivity (Wildman–Crippen MR) is 69.9 cm³/mol. The second kappa shape index (κ2) is 7.84. The maximum Gasteiger partial charge on any atom is 0.120 e. The monoisotopic (exact) mass is 260 g/mol. The third kappa shape index (κ3) is 4.25. The second-order valence-electron chi connectivity index (χ2n) is 3.08. The number of hydrogen-bond donors (Lipinski definition) is 3. The smallest absolute Gasteiger partial charge is 0.120 e. The Morgan fingerprint density at radius 2 is 1.56 bits per heavy atom. The molecule has 0 aliphatic heterocycles. The predicted octanol–water partition coefficient (Wildman–Crippen LogP) is 1.84. The third-order valence-electron chi connectivity index (χ3n) is 1.91. The fraction of sp³-hybridized carbons (Fsp3) is 0.455. The van der Waals surface area contributed by atoms with E-state index in [9.17, 15) is 5.11 Å². The van der Waals surface area contributed by atoms with Crippen molar-refractivity contribution < 1.29 is 15.3 Å². The minimum absolute atomic E-state index is 0.0560. The number of hydrogen-bond acceptors (Lipinski definition) is 5. The van der Waals surface area contributed by atoms with Crippen LogP contribution in [0.3, 0.4) is 0 Å². The van der Waals surface area contributed by atoms with Crippen LogP contribution in [0.2, 0.25) is 0 Å². The van der Waals surface area contributed by atoms with Crippen LogP contribution < -0.4 is 0 Å². The highest BCUT2D eigenvalue weighted by atomic mass is 32.2. The van der Waals surface area contributed by atoms with E-state index < -0.39 is 0 Å². The van der Waals surface area contributed by atoms with Gasteiger partial charge in [0.25, 0.3) is 0 Å². The molecule has 0 fully saturated rings. The minimum atomic E-state index is 0.0560. The highest BCUT2D eigenvalue weighted by Gasteiger charge is 2.15. The zero-order chi connectivity index (χ0) is 11.8. The van der Waals surface area contributed by atoms with Crippen molar-refractivity contribution in [3.05, 3.63) is 29.8 Å². The SMILES string of the molecule is OCCSC(SCCO)c1ccccc1O. The number of para-hydroxylation sites is 1. The normalized spacial score (nSPS) is 10.9. The lowest BCUT2D eigenvalue weighted by molar-refractivity contribution is 0.322. The summed E-state index contributed by atoms with van der Waals surface area (Å²) in [6, 6.07) is 7.18. The number of benzene rings is 1. The zero-order valence-electron chi connectivity index (χ0n) is 8.87. The van der Waals surface area contributed by atoms with Gasteiger partial charge in [-0.25, -0.2) is 0 Å². The Kier molecular flexibility index (Phi) is 6.71. The number of aromatic hydroxyl groups is 1. The van der Waals surface area contributed by atoms with Gasteiger partial charge in [-0.3, -0.25) is 0 Å². The number of thioether (sulfide) groups is 2. The molecule has 0 bridgehead atoms. The molecule has 0 unspecified atom stereocenters. The molecule has 0 aliphatic rings. The first-order valence-corrected chi connectivity index (χ1v) is 7.12. The standard InChI is InChI=1S/C11H16O3S2/c12-5-7-15-11(16-8-6-13)9-3-1-2-4-10(9)14/h1-4,11-14H,5-8H2. The summed E-state index contributed by atoms with van der Waals surface area (Å²) < 4.78 is 0.0560. The van der Waals surface area contributed by atoms with Gasteiger partial charge in [0.1, 0.15) is 5.75 Å². The van der Waals surface area contributed by atoms with Gasteiger partial charge < -0.3 is 15.3 Å². The van der Waals surface area contributed by atoms with Gasteiger partial charge in [0.15, 0.2) is 0 Å². The molecule has 0 radical (unpaired) electrons. The first kappa shape index (κ1) is 13.7. The highest BCUT2D eigenvalue weighted by molar-refractivity contribution is 8.16. The van der Waals surface area contributed by atoms with Crippen LogP contribution in [-0.4, -0.2) is 40.0 Å². The Morgan fingerprint density at radius 1 is 1.00 bits per heavy atom. The summed E-state index contributed by atoms with van der Waals surface area (Å²) in [6.45, 7) is 0.239. The van der Waals surface area contributed by atoms with Crippen LogP contribution in [0, 0.1) is 0 Å². The van der Waals surface area contributed by atoms with E-state index in [0.717, 1.165) is 5.56 Å². The summed E-state index contributed by atoms with van der Waals surface area (Å²) in [5.41, 5.74) is 0.847. The van der Waals surface area contributed by atoms with E-state index >= 15 is 0 Å². The first-order valence-electron chi connectivity index (χ1n) is 5.02. The van der Waals surface area contributed by atoms with E-state index in [-0.39, 0.29) is 23.5 Å². The average Bonchev–Trinajstić information content (AvgIpc) is 2.31.